The number of hydrogen-bond donors (Lipinski definition) is 5. The molecular formula is C57H91N3O16. The number of likely N-dealkylation sites (N-methyl/N-ethyl adjacent to an activating group) is 2. The largest absolute Gasteiger partial charge is 0.477 e. The summed E-state index contributed by atoms with van der Waals surface area (Å²) in [7, 11) is 7.21. The number of carbonyl (C=O) groups is 2. The van der Waals surface area contributed by atoms with E-state index < -0.39 is 107 Å². The number of pyridine rings is 1. The van der Waals surface area contributed by atoms with Crippen LogP contribution in [-0.4, -0.2) is 197 Å². The number of aromatic nitrogens is 1. The molecule has 0 radical (unpaired) electrons. The zero-order chi connectivity index (χ0) is 56.2. The molecule has 3 aliphatic heterocycles. The summed E-state index contributed by atoms with van der Waals surface area (Å²) in [5, 5.41) is 58.2. The van der Waals surface area contributed by atoms with Gasteiger partial charge in [0.15, 0.2) is 12.6 Å². The molecular weight excluding hydrogens is 983 g/mol. The maximum absolute atomic E-state index is 14.6. The molecule has 18 atom stereocenters. The van der Waals surface area contributed by atoms with E-state index in [0.717, 1.165) is 23.9 Å². The fraction of sp³-hybridized carbons (Fsp3) is 0.772. The Morgan fingerprint density at radius 3 is 2.29 bits per heavy atom. The van der Waals surface area contributed by atoms with E-state index in [0.29, 0.717) is 44.6 Å². The number of esters is 1. The third-order valence-corrected chi connectivity index (χ3v) is 16.6. The quantitative estimate of drug-likeness (QED) is 0.0986. The first-order chi connectivity index (χ1) is 35.6. The Kier molecular flexibility index (Phi) is 21.0. The number of methoxy groups -OCH3 is 1. The molecule has 6 rings (SSSR count). The first-order valence-electron chi connectivity index (χ1n) is 27.5. The van der Waals surface area contributed by atoms with E-state index in [-0.39, 0.29) is 48.9 Å². The molecule has 1 aliphatic carbocycles. The van der Waals surface area contributed by atoms with Crippen LogP contribution in [0.1, 0.15) is 136 Å². The Morgan fingerprint density at radius 1 is 0.961 bits per heavy atom. The molecule has 4 heterocycles. The van der Waals surface area contributed by atoms with Crippen LogP contribution in [0.4, 0.5) is 0 Å². The lowest BCUT2D eigenvalue weighted by atomic mass is 9.77. The summed E-state index contributed by atoms with van der Waals surface area (Å²) < 4.78 is 53.3. The highest BCUT2D eigenvalue weighted by atomic mass is 16.7. The lowest BCUT2D eigenvalue weighted by Crippen LogP contribution is -2.61. The highest BCUT2D eigenvalue weighted by Crippen LogP contribution is 2.41. The van der Waals surface area contributed by atoms with E-state index in [2.05, 4.69) is 0 Å². The number of aliphatic hydroxyl groups is 4. The van der Waals surface area contributed by atoms with Crippen molar-refractivity contribution in [3.8, 4) is 0 Å². The van der Waals surface area contributed by atoms with Crippen molar-refractivity contribution in [2.75, 3.05) is 54.6 Å². The van der Waals surface area contributed by atoms with Crippen molar-refractivity contribution < 1.29 is 73.0 Å². The van der Waals surface area contributed by atoms with Gasteiger partial charge in [0, 0.05) is 68.9 Å². The van der Waals surface area contributed by atoms with Crippen LogP contribution in [0.25, 0.3) is 17.0 Å². The molecule has 4 fully saturated rings. The lowest BCUT2D eigenvalue weighted by molar-refractivity contribution is -0.320. The highest BCUT2D eigenvalue weighted by molar-refractivity contribution is 5.93. The zero-order valence-corrected chi connectivity index (χ0v) is 47.5. The maximum Gasteiger partial charge on any atom is 0.341 e. The van der Waals surface area contributed by atoms with Gasteiger partial charge in [-0.15, -0.1) is 0 Å². The van der Waals surface area contributed by atoms with Crippen LogP contribution in [0.2, 0.25) is 0 Å². The number of ether oxygens (including phenoxy) is 8. The third-order valence-electron chi connectivity index (χ3n) is 16.6. The van der Waals surface area contributed by atoms with Crippen LogP contribution in [0.3, 0.4) is 0 Å². The number of rotatable bonds is 17. The average Bonchev–Trinajstić information content (AvgIpc) is 4.20. The maximum atomic E-state index is 14.6. The Hall–Kier alpha value is -3.41. The van der Waals surface area contributed by atoms with E-state index in [1.54, 1.807) is 40.9 Å². The number of carboxylic acids is 1. The van der Waals surface area contributed by atoms with E-state index in [1.165, 1.54) is 13.1 Å². The van der Waals surface area contributed by atoms with Gasteiger partial charge in [0.2, 0.25) is 5.43 Å². The highest BCUT2D eigenvalue weighted by Gasteiger charge is 2.53. The molecule has 430 valence electrons. The summed E-state index contributed by atoms with van der Waals surface area (Å²) in [6, 6.07) is 4.81. The standard InChI is InChI=1S/C57H91N3O16/c1-15-44-57(10,68)49(63)36(6)59(13)30-32(2)28-55(8,67)50(76-54-47(62)43(58(11)12)26-33(3)72-54)34(4)48(35(5)53(66)74-44)75-45-29-56(9,69-14)51(37(7)73-45)71-25-17-24-70-23-16-18-38-19-22-42-40(27-38)46(61)41(52(64)65)31-60(42)39-20-21-39/h16,18-19,22,27,31-37,39,43-45,47-51,54,62-63,67-68H,15,17,20-21,23-26,28-30H2,1-14H3,(H,64,65)/t32-,33-,34+,35-,36-,37+,43+,44-,45+,47-,48+,49-,50-,51+,54+,55-,56-,57-/m1/s1. The Labute approximate surface area is 449 Å². The fourth-order valence-electron chi connectivity index (χ4n) is 12.0. The number of carboxylic acid groups (broad SMARTS) is 1. The van der Waals surface area contributed by atoms with Gasteiger partial charge in [0.05, 0.1) is 53.7 Å². The van der Waals surface area contributed by atoms with Crippen molar-refractivity contribution in [1.29, 1.82) is 0 Å². The molecule has 0 unspecified atom stereocenters. The topological polar surface area (TPSA) is 238 Å². The predicted octanol–water partition coefficient (Wildman–Crippen LogP) is 5.39. The minimum Gasteiger partial charge on any atom is -0.477 e. The van der Waals surface area contributed by atoms with Gasteiger partial charge in [-0.2, -0.15) is 0 Å². The molecule has 3 saturated heterocycles. The number of hydrogen-bond acceptors (Lipinski definition) is 17. The molecule has 1 aromatic carbocycles. The molecule has 5 N–H and O–H groups in total. The molecule has 1 saturated carbocycles. The smallest absolute Gasteiger partial charge is 0.341 e. The number of benzene rings is 1. The van der Waals surface area contributed by atoms with Gasteiger partial charge in [-0.1, -0.05) is 39.0 Å². The molecule has 0 spiro atoms. The van der Waals surface area contributed by atoms with Gasteiger partial charge < -0.3 is 77.8 Å². The minimum atomic E-state index is -1.84. The number of nitrogens with zero attached hydrogens (tertiary/aromatic N) is 3. The molecule has 19 heteroatoms. The number of aromatic carboxylic acids is 1. The first kappa shape index (κ1) is 61.8. The van der Waals surface area contributed by atoms with Gasteiger partial charge in [0.1, 0.15) is 35.6 Å². The van der Waals surface area contributed by atoms with Gasteiger partial charge >= 0.3 is 11.9 Å². The second kappa shape index (κ2) is 25.8. The third kappa shape index (κ3) is 14.3. The second-order valence-electron chi connectivity index (χ2n) is 23.4. The average molecular weight is 1070 g/mol. The van der Waals surface area contributed by atoms with Gasteiger partial charge in [-0.05, 0) is 132 Å². The zero-order valence-electron chi connectivity index (χ0n) is 47.5. The number of fused-ring (bicyclic) bond motifs is 1. The first-order valence-corrected chi connectivity index (χ1v) is 27.5. The van der Waals surface area contributed by atoms with Crippen molar-refractivity contribution >= 4 is 28.9 Å². The van der Waals surface area contributed by atoms with Crippen LogP contribution in [-0.2, 0) is 42.7 Å². The number of aliphatic hydroxyl groups excluding tert-OH is 2. The van der Waals surface area contributed by atoms with E-state index in [4.69, 9.17) is 37.9 Å². The molecule has 0 bridgehead atoms. The molecule has 2 aromatic rings. The molecule has 0 amide bonds. The lowest BCUT2D eigenvalue weighted by Gasteiger charge is -2.49. The van der Waals surface area contributed by atoms with Gasteiger partial charge in [-0.3, -0.25) is 9.59 Å². The van der Waals surface area contributed by atoms with Gasteiger partial charge in [0.25, 0.3) is 0 Å². The monoisotopic (exact) mass is 1070 g/mol. The number of carbonyl (C=O) groups excluding carboxylic acids is 1. The number of cyclic esters (lactones) is 1. The van der Waals surface area contributed by atoms with Crippen molar-refractivity contribution in [3.63, 3.8) is 0 Å². The predicted molar refractivity (Wildman–Crippen MR) is 286 cm³/mol. The minimum absolute atomic E-state index is 0.176. The summed E-state index contributed by atoms with van der Waals surface area (Å²) >= 11 is 0. The molecule has 4 aliphatic rings. The molecule has 76 heavy (non-hydrogen) atoms. The van der Waals surface area contributed by atoms with Crippen LogP contribution in [0.5, 0.6) is 0 Å². The van der Waals surface area contributed by atoms with Crippen LogP contribution < -0.4 is 5.43 Å². The van der Waals surface area contributed by atoms with Crippen LogP contribution in [0, 0.1) is 17.8 Å². The molecule has 19 nitrogen and oxygen atoms in total. The van der Waals surface area contributed by atoms with Crippen molar-refractivity contribution in [3.05, 3.63) is 51.8 Å². The summed E-state index contributed by atoms with van der Waals surface area (Å²) in [5.74, 6) is -3.95. The fourth-order valence-corrected chi connectivity index (χ4v) is 12.0. The Bertz CT molecular complexity index is 2340. The van der Waals surface area contributed by atoms with E-state index >= 15 is 0 Å². The Morgan fingerprint density at radius 2 is 1.66 bits per heavy atom. The summed E-state index contributed by atoms with van der Waals surface area (Å²) in [4.78, 5) is 43.3. The van der Waals surface area contributed by atoms with Crippen molar-refractivity contribution in [1.82, 2.24) is 14.4 Å². The van der Waals surface area contributed by atoms with Crippen molar-refractivity contribution in [2.45, 2.75) is 211 Å². The van der Waals surface area contributed by atoms with E-state index in [9.17, 15) is 39.9 Å². The van der Waals surface area contributed by atoms with E-state index in [1.807, 2.05) is 94.4 Å². The summed E-state index contributed by atoms with van der Waals surface area (Å²) in [6.45, 7) is 19.4. The second-order valence-corrected chi connectivity index (χ2v) is 23.4. The summed E-state index contributed by atoms with van der Waals surface area (Å²) in [5.41, 5.74) is -3.64. The molecule has 1 aromatic heterocycles. The SMILES string of the molecule is CC[C@H]1OC(=O)[C@H](C)[C@@H](O[C@H]2C[C@@](C)(OC)[C@@H](OCCCOCC=Cc3ccc4c(c3)c(=O)c(C(=O)O)cn4C3CC3)[C@H](C)O2)[C@H](C)[C@@H](O[C@@H]2O[C@H](C)C[C@H](N(C)C)[C@H]2O)[C@](C)(O)C[C@@H](C)CN(C)[C@H](C)[C@@H](O)[C@]1(C)O. The Balaban J connectivity index is 1.17. The van der Waals surface area contributed by atoms with Crippen LogP contribution >= 0.6 is 0 Å². The summed E-state index contributed by atoms with van der Waals surface area (Å²) in [6.07, 6.45) is -0.398. The van der Waals surface area contributed by atoms with Crippen molar-refractivity contribution in [2.24, 2.45) is 17.8 Å². The van der Waals surface area contributed by atoms with Crippen LogP contribution in [0.15, 0.2) is 35.3 Å². The normalized spacial score (nSPS) is 38.8. The van der Waals surface area contributed by atoms with Gasteiger partial charge in [-0.25, -0.2) is 4.79 Å².